The Hall–Kier alpha value is -3.45. The van der Waals surface area contributed by atoms with Crippen LogP contribution in [0.3, 0.4) is 0 Å². The van der Waals surface area contributed by atoms with Gasteiger partial charge in [-0.05, 0) is 68.4 Å². The van der Waals surface area contributed by atoms with Gasteiger partial charge in [0.2, 0.25) is 11.9 Å². The number of anilines is 2. The molecule has 166 valence electrons. The number of nitrogens with one attached hydrogen (secondary N) is 1. The van der Waals surface area contributed by atoms with Gasteiger partial charge >= 0.3 is 0 Å². The summed E-state index contributed by atoms with van der Waals surface area (Å²) >= 11 is 0. The van der Waals surface area contributed by atoms with Gasteiger partial charge in [-0.2, -0.15) is 0 Å². The number of amides is 1. The predicted molar refractivity (Wildman–Crippen MR) is 128 cm³/mol. The summed E-state index contributed by atoms with van der Waals surface area (Å²) in [6, 6.07) is 17.8. The lowest BCUT2D eigenvalue weighted by atomic mass is 10.1. The van der Waals surface area contributed by atoms with E-state index in [1.807, 2.05) is 56.6 Å². The number of hydrogen-bond donors (Lipinski definition) is 1. The van der Waals surface area contributed by atoms with Crippen LogP contribution in [0.15, 0.2) is 54.6 Å². The number of carbonyl (C=O) groups excluding carboxylic acids is 1. The van der Waals surface area contributed by atoms with E-state index in [4.69, 9.17) is 4.74 Å². The molecule has 1 fully saturated rings. The normalized spacial score (nSPS) is 13.7. The second-order valence-electron chi connectivity index (χ2n) is 8.16. The lowest BCUT2D eigenvalue weighted by Gasteiger charge is -2.15. The molecular formula is C25H29N5O2. The molecule has 0 atom stereocenters. The fourth-order valence-corrected chi connectivity index (χ4v) is 3.80. The van der Waals surface area contributed by atoms with Crippen LogP contribution < -0.4 is 15.0 Å². The maximum absolute atomic E-state index is 12.6. The summed E-state index contributed by atoms with van der Waals surface area (Å²) in [5.74, 6) is 1.00. The monoisotopic (exact) mass is 431 g/mol. The number of nitrogens with zero attached hydrogens (tertiary/aromatic N) is 4. The Morgan fingerprint density at radius 3 is 2.06 bits per heavy atom. The average Bonchev–Trinajstić information content (AvgIpc) is 3.32. The molecule has 0 bridgehead atoms. The van der Waals surface area contributed by atoms with Crippen molar-refractivity contribution < 1.29 is 9.53 Å². The van der Waals surface area contributed by atoms with Gasteiger partial charge in [-0.15, -0.1) is 0 Å². The molecule has 2 aromatic carbocycles. The maximum atomic E-state index is 12.6. The molecule has 7 heteroatoms. The molecule has 0 spiro atoms. The summed E-state index contributed by atoms with van der Waals surface area (Å²) in [5.41, 5.74) is 4.49. The van der Waals surface area contributed by atoms with Crippen LogP contribution >= 0.6 is 0 Å². The lowest BCUT2D eigenvalue weighted by Crippen LogP contribution is -2.31. The van der Waals surface area contributed by atoms with Crippen molar-refractivity contribution in [1.82, 2.24) is 14.9 Å². The average molecular weight is 432 g/mol. The Labute approximate surface area is 189 Å². The topological polar surface area (TPSA) is 70.6 Å². The van der Waals surface area contributed by atoms with E-state index in [9.17, 15) is 4.79 Å². The van der Waals surface area contributed by atoms with Gasteiger partial charge in [0, 0.05) is 30.9 Å². The minimum atomic E-state index is -0.0901. The number of aromatic nitrogens is 2. The molecular weight excluding hydrogens is 402 g/mol. The van der Waals surface area contributed by atoms with Crippen LogP contribution in [-0.2, 0) is 4.79 Å². The number of likely N-dealkylation sites (tertiary alicyclic amines) is 1. The zero-order valence-corrected chi connectivity index (χ0v) is 18.8. The molecule has 2 heterocycles. The van der Waals surface area contributed by atoms with Crippen LogP contribution in [0.4, 0.5) is 11.6 Å². The summed E-state index contributed by atoms with van der Waals surface area (Å²) in [6.45, 7) is 2.29. The molecule has 32 heavy (non-hydrogen) atoms. The molecule has 1 aliphatic heterocycles. The highest BCUT2D eigenvalue weighted by atomic mass is 16.5. The lowest BCUT2D eigenvalue weighted by molar-refractivity contribution is -0.117. The number of rotatable bonds is 7. The van der Waals surface area contributed by atoms with Crippen molar-refractivity contribution in [3.05, 3.63) is 54.6 Å². The van der Waals surface area contributed by atoms with E-state index in [1.165, 1.54) is 0 Å². The minimum absolute atomic E-state index is 0.0901. The fourth-order valence-electron chi connectivity index (χ4n) is 3.80. The third-order valence-electron chi connectivity index (χ3n) is 5.61. The van der Waals surface area contributed by atoms with Crippen molar-refractivity contribution in [2.24, 2.45) is 0 Å². The molecule has 0 unspecified atom stereocenters. The van der Waals surface area contributed by atoms with E-state index in [1.54, 1.807) is 7.11 Å². The first-order chi connectivity index (χ1) is 15.5. The molecule has 3 aromatic rings. The van der Waals surface area contributed by atoms with Crippen LogP contribution in [0.5, 0.6) is 5.75 Å². The summed E-state index contributed by atoms with van der Waals surface area (Å²) in [4.78, 5) is 26.1. The van der Waals surface area contributed by atoms with Crippen molar-refractivity contribution in [3.63, 3.8) is 0 Å². The second-order valence-corrected chi connectivity index (χ2v) is 8.16. The van der Waals surface area contributed by atoms with Gasteiger partial charge in [0.15, 0.2) is 0 Å². The Balaban J connectivity index is 1.66. The van der Waals surface area contributed by atoms with E-state index in [-0.39, 0.29) is 5.91 Å². The van der Waals surface area contributed by atoms with Crippen LogP contribution in [0.25, 0.3) is 22.5 Å². The molecule has 0 aliphatic carbocycles. The quantitative estimate of drug-likeness (QED) is 0.611. The van der Waals surface area contributed by atoms with Crippen LogP contribution in [-0.4, -0.2) is 61.6 Å². The SMILES string of the molecule is COc1ccc(-c2cc(-c3ccc(N(C)C)cc3)nc(NC(=O)CN3CCCC3)n2)cc1. The van der Waals surface area contributed by atoms with Crippen molar-refractivity contribution in [2.75, 3.05) is 51.1 Å². The number of carbonyl (C=O) groups is 1. The molecule has 0 radical (unpaired) electrons. The van der Waals surface area contributed by atoms with Gasteiger partial charge in [-0.1, -0.05) is 12.1 Å². The third kappa shape index (κ3) is 5.23. The zero-order chi connectivity index (χ0) is 22.5. The van der Waals surface area contributed by atoms with E-state index in [0.717, 1.165) is 59.9 Å². The zero-order valence-electron chi connectivity index (χ0n) is 18.8. The molecule has 1 N–H and O–H groups in total. The Bertz CT molecular complexity index is 1060. The Kier molecular flexibility index (Phi) is 6.66. The van der Waals surface area contributed by atoms with Gasteiger partial charge in [0.25, 0.3) is 0 Å². The Morgan fingerprint density at radius 2 is 1.53 bits per heavy atom. The summed E-state index contributed by atoms with van der Waals surface area (Å²) < 4.78 is 5.27. The maximum Gasteiger partial charge on any atom is 0.240 e. The predicted octanol–water partition coefficient (Wildman–Crippen LogP) is 3.92. The highest BCUT2D eigenvalue weighted by Gasteiger charge is 2.17. The van der Waals surface area contributed by atoms with E-state index in [0.29, 0.717) is 12.5 Å². The van der Waals surface area contributed by atoms with Crippen molar-refractivity contribution in [1.29, 1.82) is 0 Å². The van der Waals surface area contributed by atoms with E-state index < -0.39 is 0 Å². The van der Waals surface area contributed by atoms with Gasteiger partial charge in [-0.25, -0.2) is 9.97 Å². The Morgan fingerprint density at radius 1 is 0.969 bits per heavy atom. The largest absolute Gasteiger partial charge is 0.497 e. The van der Waals surface area contributed by atoms with E-state index in [2.05, 4.69) is 37.2 Å². The molecule has 1 saturated heterocycles. The summed E-state index contributed by atoms with van der Waals surface area (Å²) in [5, 5.41) is 2.91. The first kappa shape index (κ1) is 21.8. The highest BCUT2D eigenvalue weighted by molar-refractivity contribution is 5.91. The molecule has 1 amide bonds. The number of benzene rings is 2. The number of hydrogen-bond acceptors (Lipinski definition) is 6. The molecule has 7 nitrogen and oxygen atoms in total. The van der Waals surface area contributed by atoms with Gasteiger partial charge in [0.05, 0.1) is 25.0 Å². The second kappa shape index (κ2) is 9.78. The fraction of sp³-hybridized carbons (Fsp3) is 0.320. The summed E-state index contributed by atoms with van der Waals surface area (Å²) in [6.07, 6.45) is 2.29. The van der Waals surface area contributed by atoms with Gasteiger partial charge < -0.3 is 9.64 Å². The van der Waals surface area contributed by atoms with Crippen molar-refractivity contribution >= 4 is 17.5 Å². The molecule has 0 saturated carbocycles. The number of ether oxygens (including phenoxy) is 1. The highest BCUT2D eigenvalue weighted by Crippen LogP contribution is 2.28. The van der Waals surface area contributed by atoms with Crippen LogP contribution in [0, 0.1) is 0 Å². The summed E-state index contributed by atoms with van der Waals surface area (Å²) in [7, 11) is 5.66. The molecule has 1 aliphatic rings. The van der Waals surface area contributed by atoms with Crippen LogP contribution in [0.1, 0.15) is 12.8 Å². The smallest absolute Gasteiger partial charge is 0.240 e. The van der Waals surface area contributed by atoms with Crippen molar-refractivity contribution in [3.8, 4) is 28.3 Å². The standard InChI is InChI=1S/C25H29N5O2/c1-29(2)20-10-6-18(7-11-20)22-16-23(19-8-12-21(32-3)13-9-19)27-25(26-22)28-24(31)17-30-14-4-5-15-30/h6-13,16H,4-5,14-15,17H2,1-3H3,(H,26,27,28,31). The molecule has 4 rings (SSSR count). The minimum Gasteiger partial charge on any atom is -0.497 e. The third-order valence-corrected chi connectivity index (χ3v) is 5.61. The first-order valence-electron chi connectivity index (χ1n) is 10.9. The van der Waals surface area contributed by atoms with E-state index >= 15 is 0 Å². The first-order valence-corrected chi connectivity index (χ1v) is 10.9. The van der Waals surface area contributed by atoms with Gasteiger partial charge in [-0.3, -0.25) is 15.0 Å². The van der Waals surface area contributed by atoms with Crippen molar-refractivity contribution in [2.45, 2.75) is 12.8 Å². The molecule has 1 aromatic heterocycles. The number of methoxy groups -OCH3 is 1. The van der Waals surface area contributed by atoms with Crippen LogP contribution in [0.2, 0.25) is 0 Å². The van der Waals surface area contributed by atoms with Gasteiger partial charge in [0.1, 0.15) is 5.75 Å².